The lowest BCUT2D eigenvalue weighted by Crippen LogP contribution is -2.05. The second-order valence-electron chi connectivity index (χ2n) is 6.79. The van der Waals surface area contributed by atoms with E-state index in [1.165, 1.54) is 52.4 Å². The van der Waals surface area contributed by atoms with Gasteiger partial charge in [-0.2, -0.15) is 0 Å². The molecule has 0 fully saturated rings. The fourth-order valence-electron chi connectivity index (χ4n) is 3.22. The molecule has 0 aliphatic rings. The maximum atomic E-state index is 12.4. The van der Waals surface area contributed by atoms with Gasteiger partial charge in [0.1, 0.15) is 5.82 Å². The number of nitro groups is 1. The number of thioether (sulfide) groups is 1. The minimum Gasteiger partial charge on any atom is -0.309 e. The number of aromatic nitrogens is 3. The van der Waals surface area contributed by atoms with E-state index >= 15 is 0 Å². The summed E-state index contributed by atoms with van der Waals surface area (Å²) in [6.07, 6.45) is 0.641. The highest BCUT2D eigenvalue weighted by Gasteiger charge is 2.15. The molecule has 1 aromatic heterocycles. The van der Waals surface area contributed by atoms with Crippen LogP contribution >= 0.6 is 11.8 Å². The number of nitrogens with zero attached hydrogens (tertiary/aromatic N) is 4. The number of nitro benzene ring substituents is 1. The number of hydrogen-bond donors (Lipinski definition) is 0. The summed E-state index contributed by atoms with van der Waals surface area (Å²) in [6, 6.07) is 20.0. The Kier molecular flexibility index (Phi) is 5.58. The molecular formula is C22H18N4O3S. The molecule has 3 aromatic carbocycles. The zero-order chi connectivity index (χ0) is 21.1. The highest BCUT2D eigenvalue weighted by atomic mass is 32.2. The van der Waals surface area contributed by atoms with Crippen LogP contribution in [-0.4, -0.2) is 31.2 Å². The highest BCUT2D eigenvalue weighted by molar-refractivity contribution is 7.99. The molecule has 7 nitrogen and oxygen atoms in total. The second-order valence-corrected chi connectivity index (χ2v) is 7.73. The Morgan fingerprint density at radius 2 is 1.77 bits per heavy atom. The standard InChI is InChI=1S/C22H18N4O3S/c1-25-21(13-17-7-4-6-15-5-2-3-8-19(15)17)23-24-22(25)30-14-20(27)16-9-11-18(12-10-16)26(28)29/h2-12H,13-14H2,1H3. The number of Topliss-reactive ketones (excluding diaryl/α,β-unsaturated/α-hetero) is 1. The molecule has 0 atom stereocenters. The quantitative estimate of drug-likeness (QED) is 0.191. The average Bonchev–Trinajstić information content (AvgIpc) is 3.11. The van der Waals surface area contributed by atoms with E-state index in [-0.39, 0.29) is 17.2 Å². The van der Waals surface area contributed by atoms with Crippen molar-refractivity contribution in [2.45, 2.75) is 11.6 Å². The van der Waals surface area contributed by atoms with Crippen LogP contribution in [0.5, 0.6) is 0 Å². The van der Waals surface area contributed by atoms with E-state index in [1.807, 2.05) is 29.8 Å². The number of carbonyl (C=O) groups is 1. The largest absolute Gasteiger partial charge is 0.309 e. The van der Waals surface area contributed by atoms with Crippen LogP contribution in [-0.2, 0) is 13.5 Å². The number of carbonyl (C=O) groups excluding carboxylic acids is 1. The van der Waals surface area contributed by atoms with Gasteiger partial charge in [-0.3, -0.25) is 14.9 Å². The van der Waals surface area contributed by atoms with Crippen molar-refractivity contribution in [3.8, 4) is 0 Å². The first kappa shape index (κ1) is 19.8. The van der Waals surface area contributed by atoms with Crippen LogP contribution in [0.25, 0.3) is 10.8 Å². The van der Waals surface area contributed by atoms with Crippen LogP contribution in [0.4, 0.5) is 5.69 Å². The first-order chi connectivity index (χ1) is 14.5. The van der Waals surface area contributed by atoms with Gasteiger partial charge in [-0.25, -0.2) is 0 Å². The van der Waals surface area contributed by atoms with E-state index in [1.54, 1.807) is 0 Å². The Hall–Kier alpha value is -3.52. The maximum absolute atomic E-state index is 12.4. The fourth-order valence-corrected chi connectivity index (χ4v) is 4.05. The molecule has 0 aliphatic heterocycles. The lowest BCUT2D eigenvalue weighted by Gasteiger charge is -2.07. The van der Waals surface area contributed by atoms with E-state index in [4.69, 9.17) is 0 Å². The Balaban J connectivity index is 1.45. The van der Waals surface area contributed by atoms with E-state index in [2.05, 4.69) is 34.5 Å². The first-order valence-electron chi connectivity index (χ1n) is 9.28. The average molecular weight is 418 g/mol. The summed E-state index contributed by atoms with van der Waals surface area (Å²) in [6.45, 7) is 0. The Morgan fingerprint density at radius 3 is 2.53 bits per heavy atom. The summed E-state index contributed by atoms with van der Waals surface area (Å²) < 4.78 is 1.90. The third kappa shape index (κ3) is 4.08. The molecule has 0 spiro atoms. The molecule has 0 saturated carbocycles. The van der Waals surface area contributed by atoms with Crippen LogP contribution in [0.2, 0.25) is 0 Å². The number of non-ortho nitro benzene ring substituents is 1. The molecule has 1 heterocycles. The summed E-state index contributed by atoms with van der Waals surface area (Å²) in [5.74, 6) is 0.878. The van der Waals surface area contributed by atoms with Gasteiger partial charge < -0.3 is 4.57 Å². The molecule has 0 unspecified atom stereocenters. The van der Waals surface area contributed by atoms with Crippen molar-refractivity contribution in [3.63, 3.8) is 0 Å². The molecule has 150 valence electrons. The van der Waals surface area contributed by atoms with Gasteiger partial charge in [-0.05, 0) is 28.5 Å². The van der Waals surface area contributed by atoms with Crippen LogP contribution in [0.1, 0.15) is 21.7 Å². The van der Waals surface area contributed by atoms with Crippen molar-refractivity contribution in [1.29, 1.82) is 0 Å². The van der Waals surface area contributed by atoms with Crippen LogP contribution in [0.15, 0.2) is 71.9 Å². The van der Waals surface area contributed by atoms with Gasteiger partial charge in [0.2, 0.25) is 0 Å². The van der Waals surface area contributed by atoms with E-state index in [9.17, 15) is 14.9 Å². The molecule has 0 aliphatic carbocycles. The van der Waals surface area contributed by atoms with E-state index in [0.717, 1.165) is 5.82 Å². The monoisotopic (exact) mass is 418 g/mol. The predicted molar refractivity (Wildman–Crippen MR) is 116 cm³/mol. The zero-order valence-electron chi connectivity index (χ0n) is 16.2. The number of fused-ring (bicyclic) bond motifs is 1. The van der Waals surface area contributed by atoms with Crippen molar-refractivity contribution in [3.05, 3.63) is 93.8 Å². The van der Waals surface area contributed by atoms with Crippen molar-refractivity contribution >= 4 is 34.0 Å². The highest BCUT2D eigenvalue weighted by Crippen LogP contribution is 2.23. The van der Waals surface area contributed by atoms with E-state index in [0.29, 0.717) is 17.1 Å². The predicted octanol–water partition coefficient (Wildman–Crippen LogP) is 4.44. The van der Waals surface area contributed by atoms with Crippen LogP contribution in [0, 0.1) is 10.1 Å². The fraction of sp³-hybridized carbons (Fsp3) is 0.136. The Labute approximate surface area is 176 Å². The zero-order valence-corrected chi connectivity index (χ0v) is 17.0. The van der Waals surface area contributed by atoms with Gasteiger partial charge in [0.05, 0.1) is 10.7 Å². The summed E-state index contributed by atoms with van der Waals surface area (Å²) in [7, 11) is 1.89. The Morgan fingerprint density at radius 1 is 1.03 bits per heavy atom. The third-order valence-corrected chi connectivity index (χ3v) is 5.91. The molecular weight excluding hydrogens is 400 g/mol. The molecule has 0 radical (unpaired) electrons. The van der Waals surface area contributed by atoms with Gasteiger partial charge in [0.15, 0.2) is 10.9 Å². The smallest absolute Gasteiger partial charge is 0.269 e. The molecule has 8 heteroatoms. The molecule has 4 rings (SSSR count). The lowest BCUT2D eigenvalue weighted by molar-refractivity contribution is -0.384. The van der Waals surface area contributed by atoms with Gasteiger partial charge >= 0.3 is 0 Å². The molecule has 0 N–H and O–H groups in total. The normalized spacial score (nSPS) is 11.0. The molecule has 30 heavy (non-hydrogen) atoms. The van der Waals surface area contributed by atoms with Gasteiger partial charge in [0.25, 0.3) is 5.69 Å². The third-order valence-electron chi connectivity index (χ3n) is 4.89. The van der Waals surface area contributed by atoms with E-state index < -0.39 is 4.92 Å². The van der Waals surface area contributed by atoms with Gasteiger partial charge in [-0.15, -0.1) is 10.2 Å². The first-order valence-corrected chi connectivity index (χ1v) is 10.3. The van der Waals surface area contributed by atoms with Crippen molar-refractivity contribution in [2.75, 3.05) is 5.75 Å². The summed E-state index contributed by atoms with van der Waals surface area (Å²) in [5.41, 5.74) is 1.57. The molecule has 0 amide bonds. The van der Waals surface area contributed by atoms with Gasteiger partial charge in [-0.1, -0.05) is 54.2 Å². The van der Waals surface area contributed by atoms with Crippen LogP contribution in [0.3, 0.4) is 0 Å². The molecule has 0 bridgehead atoms. The summed E-state index contributed by atoms with van der Waals surface area (Å²) >= 11 is 1.30. The summed E-state index contributed by atoms with van der Waals surface area (Å²) in [5, 5.41) is 22.3. The Bertz CT molecular complexity index is 1230. The number of hydrogen-bond acceptors (Lipinski definition) is 6. The number of ketones is 1. The number of rotatable bonds is 7. The molecule has 4 aromatic rings. The molecule has 0 saturated heterocycles. The number of benzene rings is 3. The van der Waals surface area contributed by atoms with Crippen LogP contribution < -0.4 is 0 Å². The SMILES string of the molecule is Cn1c(Cc2cccc3ccccc23)nnc1SCC(=O)c1ccc([N+](=O)[O-])cc1. The van der Waals surface area contributed by atoms with Crippen molar-refractivity contribution in [2.24, 2.45) is 7.05 Å². The van der Waals surface area contributed by atoms with Crippen molar-refractivity contribution in [1.82, 2.24) is 14.8 Å². The topological polar surface area (TPSA) is 90.9 Å². The minimum absolute atomic E-state index is 0.0365. The summed E-state index contributed by atoms with van der Waals surface area (Å²) in [4.78, 5) is 22.7. The minimum atomic E-state index is -0.486. The maximum Gasteiger partial charge on any atom is 0.269 e. The lowest BCUT2D eigenvalue weighted by atomic mass is 10.0. The second kappa shape index (κ2) is 8.46. The van der Waals surface area contributed by atoms with Crippen molar-refractivity contribution < 1.29 is 9.72 Å². The van der Waals surface area contributed by atoms with Gasteiger partial charge in [0, 0.05) is 31.2 Å².